The average molecular weight is 429 g/mol. The zero-order valence-electron chi connectivity index (χ0n) is 19.4. The molecule has 1 fully saturated rings. The van der Waals surface area contributed by atoms with E-state index in [0.29, 0.717) is 35.2 Å². The largest absolute Gasteiger partial charge is 0.467 e. The molecule has 2 atom stereocenters. The number of hydrogen-bond acceptors (Lipinski definition) is 4. The summed E-state index contributed by atoms with van der Waals surface area (Å²) in [7, 11) is -0.471. The van der Waals surface area contributed by atoms with Crippen molar-refractivity contribution in [2.45, 2.75) is 83.0 Å². The number of rotatable bonds is 6. The first-order valence-electron chi connectivity index (χ1n) is 10.9. The van der Waals surface area contributed by atoms with Crippen LogP contribution >= 0.6 is 0 Å². The number of ether oxygens (including phenoxy) is 1. The minimum absolute atomic E-state index is 0.0660. The third-order valence-electron chi connectivity index (χ3n) is 6.70. The molecule has 6 heteroatoms. The number of nitrogens with zero attached hydrogens (tertiary/aromatic N) is 1. The number of aromatic nitrogens is 1. The fraction of sp³-hybridized carbons (Fsp3) is 0.625. The van der Waals surface area contributed by atoms with E-state index in [1.807, 2.05) is 0 Å². The second-order valence-corrected chi connectivity index (χ2v) is 14.9. The first-order chi connectivity index (χ1) is 14.1. The van der Waals surface area contributed by atoms with Crippen molar-refractivity contribution in [2.24, 2.45) is 5.92 Å². The molecule has 0 aliphatic heterocycles. The van der Waals surface area contributed by atoms with Crippen LogP contribution in [0.15, 0.2) is 24.4 Å². The van der Waals surface area contributed by atoms with Crippen molar-refractivity contribution in [3.05, 3.63) is 30.1 Å². The number of pyridine rings is 1. The van der Waals surface area contributed by atoms with Crippen LogP contribution in [0.25, 0.3) is 0 Å². The van der Waals surface area contributed by atoms with Crippen LogP contribution in [-0.4, -0.2) is 37.6 Å². The summed E-state index contributed by atoms with van der Waals surface area (Å²) in [5, 5.41) is 2.92. The molecule has 1 N–H and O–H groups in total. The number of nitrogens with one attached hydrogen (secondary N) is 1. The van der Waals surface area contributed by atoms with Crippen molar-refractivity contribution >= 4 is 20.0 Å². The molecule has 1 amide bonds. The van der Waals surface area contributed by atoms with Gasteiger partial charge in [0.05, 0.1) is 7.11 Å². The Kier molecular flexibility index (Phi) is 7.87. The maximum Gasteiger partial charge on any atom is 0.331 e. The average Bonchev–Trinajstić information content (AvgIpc) is 3.11. The lowest BCUT2D eigenvalue weighted by atomic mass is 9.95. The Morgan fingerprint density at radius 2 is 1.80 bits per heavy atom. The van der Waals surface area contributed by atoms with Crippen LogP contribution in [-0.2, 0) is 9.53 Å². The maximum absolute atomic E-state index is 12.7. The van der Waals surface area contributed by atoms with Crippen LogP contribution in [0.1, 0.15) is 71.3 Å². The summed E-state index contributed by atoms with van der Waals surface area (Å²) in [6.07, 6.45) is 3.33. The minimum atomic E-state index is -1.84. The molecule has 1 aromatic rings. The Labute approximate surface area is 182 Å². The Bertz CT molecular complexity index is 789. The number of esters is 1. The van der Waals surface area contributed by atoms with Crippen LogP contribution in [0, 0.1) is 17.4 Å². The lowest BCUT2D eigenvalue weighted by molar-refractivity contribution is -0.148. The monoisotopic (exact) mass is 428 g/mol. The van der Waals surface area contributed by atoms with Crippen LogP contribution < -0.4 is 5.32 Å². The summed E-state index contributed by atoms with van der Waals surface area (Å²) in [6, 6.07) is 5.15. The smallest absolute Gasteiger partial charge is 0.331 e. The van der Waals surface area contributed by atoms with Crippen LogP contribution in [0.2, 0.25) is 16.6 Å². The van der Waals surface area contributed by atoms with E-state index in [9.17, 15) is 9.59 Å². The standard InChI is InChI=1S/C24H36N2O3Si/c1-17(2)30(18(3)4,19(5)6)15-12-20-11-13-24(16-20,23(28)29-7)26-22(27)21-10-8-9-14-25-21/h8-10,14,17-20H,11,13,16H2,1-7H3,(H,26,27). The summed E-state index contributed by atoms with van der Waals surface area (Å²) in [5.74, 6) is 2.85. The number of amides is 1. The highest BCUT2D eigenvalue weighted by atomic mass is 28.3. The fourth-order valence-corrected chi connectivity index (χ4v) is 10.5. The summed E-state index contributed by atoms with van der Waals surface area (Å²) in [5.41, 5.74) is 4.68. The highest BCUT2D eigenvalue weighted by Crippen LogP contribution is 2.42. The van der Waals surface area contributed by atoms with E-state index in [1.54, 1.807) is 24.4 Å². The second-order valence-electron chi connectivity index (χ2n) is 9.35. The van der Waals surface area contributed by atoms with E-state index >= 15 is 0 Å². The van der Waals surface area contributed by atoms with Crippen LogP contribution in [0.3, 0.4) is 0 Å². The molecule has 1 aliphatic rings. The molecule has 5 nitrogen and oxygen atoms in total. The lowest BCUT2D eigenvalue weighted by Gasteiger charge is -2.38. The van der Waals surface area contributed by atoms with Crippen molar-refractivity contribution in [1.29, 1.82) is 0 Å². The molecule has 0 radical (unpaired) electrons. The Balaban J connectivity index is 2.29. The van der Waals surface area contributed by atoms with Crippen molar-refractivity contribution in [1.82, 2.24) is 10.3 Å². The molecule has 30 heavy (non-hydrogen) atoms. The highest BCUT2D eigenvalue weighted by Gasteiger charge is 2.48. The zero-order valence-corrected chi connectivity index (χ0v) is 20.4. The number of hydrogen-bond donors (Lipinski definition) is 1. The quantitative estimate of drug-likeness (QED) is 0.403. The molecule has 164 valence electrons. The van der Waals surface area contributed by atoms with Gasteiger partial charge in [0, 0.05) is 12.1 Å². The van der Waals surface area contributed by atoms with Gasteiger partial charge >= 0.3 is 5.97 Å². The normalized spacial score (nSPS) is 21.5. The minimum Gasteiger partial charge on any atom is -0.467 e. The van der Waals surface area contributed by atoms with Gasteiger partial charge in [0.1, 0.15) is 19.3 Å². The Morgan fingerprint density at radius 3 is 2.30 bits per heavy atom. The van der Waals surface area contributed by atoms with Crippen LogP contribution in [0.5, 0.6) is 0 Å². The van der Waals surface area contributed by atoms with E-state index < -0.39 is 19.6 Å². The molecule has 2 rings (SSSR count). The van der Waals surface area contributed by atoms with Crippen molar-refractivity contribution in [2.75, 3.05) is 7.11 Å². The van der Waals surface area contributed by atoms with Crippen molar-refractivity contribution in [3.63, 3.8) is 0 Å². The summed E-state index contributed by atoms with van der Waals surface area (Å²) in [6.45, 7) is 13.8. The molecule has 0 saturated heterocycles. The topological polar surface area (TPSA) is 68.3 Å². The van der Waals surface area contributed by atoms with Gasteiger partial charge in [0.25, 0.3) is 5.91 Å². The highest BCUT2D eigenvalue weighted by molar-refractivity contribution is 6.90. The van der Waals surface area contributed by atoms with E-state index in [1.165, 1.54) is 7.11 Å². The van der Waals surface area contributed by atoms with Gasteiger partial charge in [0.15, 0.2) is 0 Å². The molecule has 2 unspecified atom stereocenters. The van der Waals surface area contributed by atoms with E-state index in [-0.39, 0.29) is 11.8 Å². The Morgan fingerprint density at radius 1 is 1.17 bits per heavy atom. The fourth-order valence-electron chi connectivity index (χ4n) is 5.15. The molecule has 0 aromatic carbocycles. The number of carbonyl (C=O) groups is 2. The van der Waals surface area contributed by atoms with Crippen LogP contribution in [0.4, 0.5) is 0 Å². The lowest BCUT2D eigenvalue weighted by Crippen LogP contribution is -2.53. The Hall–Kier alpha value is -2.13. The molecule has 1 heterocycles. The van der Waals surface area contributed by atoms with Crippen molar-refractivity contribution in [3.8, 4) is 11.5 Å². The van der Waals surface area contributed by atoms with Gasteiger partial charge in [0.2, 0.25) is 0 Å². The van der Waals surface area contributed by atoms with Gasteiger partial charge in [-0.1, -0.05) is 47.6 Å². The van der Waals surface area contributed by atoms with Gasteiger partial charge in [-0.3, -0.25) is 9.78 Å². The number of carbonyl (C=O) groups excluding carboxylic acids is 2. The molecular weight excluding hydrogens is 392 g/mol. The van der Waals surface area contributed by atoms with Gasteiger partial charge in [-0.25, -0.2) is 4.79 Å². The first-order valence-corrected chi connectivity index (χ1v) is 13.2. The third-order valence-corrected chi connectivity index (χ3v) is 13.0. The molecular formula is C24H36N2O3Si. The molecule has 0 bridgehead atoms. The van der Waals surface area contributed by atoms with Crippen molar-refractivity contribution < 1.29 is 14.3 Å². The third kappa shape index (κ3) is 4.78. The van der Waals surface area contributed by atoms with Gasteiger partial charge in [-0.15, -0.1) is 11.5 Å². The van der Waals surface area contributed by atoms with E-state index in [4.69, 9.17) is 4.74 Å². The molecule has 1 saturated carbocycles. The maximum atomic E-state index is 12.7. The predicted octanol–water partition coefficient (Wildman–Crippen LogP) is 4.74. The molecule has 1 aliphatic carbocycles. The number of methoxy groups -OCH3 is 1. The molecule has 0 spiro atoms. The van der Waals surface area contributed by atoms with Gasteiger partial charge < -0.3 is 10.1 Å². The summed E-state index contributed by atoms with van der Waals surface area (Å²) in [4.78, 5) is 29.5. The SMILES string of the molecule is COC(=O)C1(NC(=O)c2ccccn2)CCC(C#C[Si](C(C)C)(C(C)C)C(C)C)C1. The zero-order chi connectivity index (χ0) is 22.5. The first kappa shape index (κ1) is 24.1. The van der Waals surface area contributed by atoms with E-state index in [0.717, 1.165) is 6.42 Å². The summed E-state index contributed by atoms with van der Waals surface area (Å²) < 4.78 is 5.07. The van der Waals surface area contributed by atoms with E-state index in [2.05, 4.69) is 63.3 Å². The van der Waals surface area contributed by atoms with Gasteiger partial charge in [-0.2, -0.15) is 0 Å². The summed E-state index contributed by atoms with van der Waals surface area (Å²) >= 11 is 0. The van der Waals surface area contributed by atoms with Gasteiger partial charge in [-0.05, 0) is 48.0 Å². The second kappa shape index (κ2) is 9.78. The molecule has 1 aromatic heterocycles. The predicted molar refractivity (Wildman–Crippen MR) is 123 cm³/mol.